The quantitative estimate of drug-likeness (QED) is 0.582. The van der Waals surface area contributed by atoms with Gasteiger partial charge in [-0.15, -0.1) is 0 Å². The van der Waals surface area contributed by atoms with Gasteiger partial charge < -0.3 is 14.6 Å². The van der Waals surface area contributed by atoms with Crippen LogP contribution in [0.2, 0.25) is 6.32 Å². The minimum absolute atomic E-state index is 0.113. The van der Waals surface area contributed by atoms with Gasteiger partial charge in [0, 0.05) is 12.1 Å². The summed E-state index contributed by atoms with van der Waals surface area (Å²) in [5.41, 5.74) is 0.209. The van der Waals surface area contributed by atoms with E-state index in [1.165, 1.54) is 20.3 Å². The number of benzene rings is 1. The van der Waals surface area contributed by atoms with Crippen LogP contribution in [0.3, 0.4) is 0 Å². The van der Waals surface area contributed by atoms with Crippen LogP contribution in [0.15, 0.2) is 12.1 Å². The Morgan fingerprint density at radius 3 is 2.53 bits per heavy atom. The maximum atomic E-state index is 11.5. The van der Waals surface area contributed by atoms with Crippen molar-refractivity contribution >= 4 is 13.6 Å². The lowest BCUT2D eigenvalue weighted by molar-refractivity contribution is 0.101. The van der Waals surface area contributed by atoms with E-state index in [4.69, 9.17) is 9.47 Å². The molecule has 1 rings (SSSR count). The Hall–Kier alpha value is -1.65. The molecule has 80 valence electrons. The van der Waals surface area contributed by atoms with Gasteiger partial charge in [0.05, 0.1) is 14.2 Å². The van der Waals surface area contributed by atoms with Gasteiger partial charge in [-0.2, -0.15) is 0 Å². The highest BCUT2D eigenvalue weighted by Crippen LogP contribution is 2.33. The number of phenols is 1. The highest BCUT2D eigenvalue weighted by Gasteiger charge is 2.17. The van der Waals surface area contributed by atoms with Gasteiger partial charge in [-0.25, -0.2) is 0 Å². The van der Waals surface area contributed by atoms with Crippen LogP contribution in [-0.4, -0.2) is 33.0 Å². The molecule has 0 unspecified atom stereocenters. The highest BCUT2D eigenvalue weighted by atomic mass is 16.5. The van der Waals surface area contributed by atoms with Crippen LogP contribution in [0.5, 0.6) is 17.2 Å². The van der Waals surface area contributed by atoms with Crippen molar-refractivity contribution in [3.05, 3.63) is 17.7 Å². The number of phenolic OH excluding ortho intramolecular Hbond substituents is 1. The summed E-state index contributed by atoms with van der Waals surface area (Å²) in [4.78, 5) is 11.5. The van der Waals surface area contributed by atoms with Gasteiger partial charge in [-0.05, 0) is 6.32 Å². The average molecular weight is 208 g/mol. The standard InChI is InChI=1S/C10H13BO4/c1-14-6-3-7(12)10(8(13)5-11)9(4-6)15-2/h3-4,12H,5,11H2,1-2H3. The molecule has 0 radical (unpaired) electrons. The van der Waals surface area contributed by atoms with Gasteiger partial charge in [0.15, 0.2) is 5.78 Å². The van der Waals surface area contributed by atoms with Gasteiger partial charge >= 0.3 is 0 Å². The Balaban J connectivity index is 3.30. The number of hydrogen-bond acceptors (Lipinski definition) is 4. The number of methoxy groups -OCH3 is 2. The first kappa shape index (κ1) is 11.4. The number of carbonyl (C=O) groups excluding carboxylic acids is 1. The molecule has 0 amide bonds. The minimum Gasteiger partial charge on any atom is -0.507 e. The molecule has 1 aromatic rings. The summed E-state index contributed by atoms with van der Waals surface area (Å²) in [6.07, 6.45) is 0.316. The number of rotatable bonds is 4. The van der Waals surface area contributed by atoms with Gasteiger partial charge in [-0.1, -0.05) is 0 Å². The zero-order valence-electron chi connectivity index (χ0n) is 9.03. The normalized spacial score (nSPS) is 9.73. The van der Waals surface area contributed by atoms with E-state index >= 15 is 0 Å². The van der Waals surface area contributed by atoms with E-state index in [9.17, 15) is 9.90 Å². The third-order valence-electron chi connectivity index (χ3n) is 2.11. The lowest BCUT2D eigenvalue weighted by Crippen LogP contribution is -2.02. The summed E-state index contributed by atoms with van der Waals surface area (Å²) >= 11 is 0. The fraction of sp³-hybridized carbons (Fsp3) is 0.300. The summed E-state index contributed by atoms with van der Waals surface area (Å²) in [6.45, 7) is 0. The maximum Gasteiger partial charge on any atom is 0.162 e. The first-order chi connectivity index (χ1) is 7.13. The predicted molar refractivity (Wildman–Crippen MR) is 58.9 cm³/mol. The van der Waals surface area contributed by atoms with Crippen molar-refractivity contribution in [3.63, 3.8) is 0 Å². The molecule has 1 aromatic carbocycles. The van der Waals surface area contributed by atoms with Gasteiger partial charge in [-0.3, -0.25) is 4.79 Å². The molecule has 0 saturated heterocycles. The largest absolute Gasteiger partial charge is 0.507 e. The van der Waals surface area contributed by atoms with Crippen LogP contribution in [0.1, 0.15) is 10.4 Å². The van der Waals surface area contributed by atoms with Gasteiger partial charge in [0.25, 0.3) is 0 Å². The van der Waals surface area contributed by atoms with Crippen molar-refractivity contribution in [2.75, 3.05) is 14.2 Å². The SMILES string of the molecule is BCC(=O)c1c(O)cc(OC)cc1OC. The number of hydrogen-bond donors (Lipinski definition) is 1. The molecular formula is C10H13BO4. The third-order valence-corrected chi connectivity index (χ3v) is 2.11. The molecule has 0 spiro atoms. The number of ketones is 1. The van der Waals surface area contributed by atoms with Crippen molar-refractivity contribution in [2.45, 2.75) is 6.32 Å². The molecule has 0 aliphatic carbocycles. The fourth-order valence-electron chi connectivity index (χ4n) is 1.31. The van der Waals surface area contributed by atoms with Crippen LogP contribution in [0, 0.1) is 0 Å². The Bertz CT molecular complexity index is 376. The molecule has 15 heavy (non-hydrogen) atoms. The lowest BCUT2D eigenvalue weighted by Gasteiger charge is -2.10. The molecule has 0 saturated carbocycles. The van der Waals surface area contributed by atoms with Crippen molar-refractivity contribution < 1.29 is 19.4 Å². The van der Waals surface area contributed by atoms with Crippen molar-refractivity contribution in [1.82, 2.24) is 0 Å². The van der Waals surface area contributed by atoms with Crippen LogP contribution >= 0.6 is 0 Å². The van der Waals surface area contributed by atoms with E-state index in [1.54, 1.807) is 13.9 Å². The second-order valence-corrected chi connectivity index (χ2v) is 3.00. The monoisotopic (exact) mass is 208 g/mol. The first-order valence-electron chi connectivity index (χ1n) is 4.62. The molecular weight excluding hydrogens is 195 g/mol. The summed E-state index contributed by atoms with van der Waals surface area (Å²) in [5, 5.41) is 9.66. The molecule has 0 aliphatic heterocycles. The second-order valence-electron chi connectivity index (χ2n) is 3.00. The molecule has 0 fully saturated rings. The summed E-state index contributed by atoms with van der Waals surface area (Å²) in [6, 6.07) is 2.97. The number of carbonyl (C=O) groups is 1. The summed E-state index contributed by atoms with van der Waals surface area (Å²) < 4.78 is 9.99. The minimum atomic E-state index is -0.160. The third kappa shape index (κ3) is 2.23. The van der Waals surface area contributed by atoms with E-state index in [-0.39, 0.29) is 17.1 Å². The molecule has 4 nitrogen and oxygen atoms in total. The predicted octanol–water partition coefficient (Wildman–Crippen LogP) is 0.643. The molecule has 5 heteroatoms. The smallest absolute Gasteiger partial charge is 0.162 e. The highest BCUT2D eigenvalue weighted by molar-refractivity contribution is 6.25. The molecule has 1 N–H and O–H groups in total. The zero-order valence-corrected chi connectivity index (χ0v) is 9.03. The van der Waals surface area contributed by atoms with E-state index in [1.807, 2.05) is 0 Å². The van der Waals surface area contributed by atoms with Crippen molar-refractivity contribution in [3.8, 4) is 17.2 Å². The van der Waals surface area contributed by atoms with Gasteiger partial charge in [0.2, 0.25) is 0 Å². The van der Waals surface area contributed by atoms with Crippen molar-refractivity contribution in [2.24, 2.45) is 0 Å². The fourth-order valence-corrected chi connectivity index (χ4v) is 1.31. The lowest BCUT2D eigenvalue weighted by atomic mass is 9.94. The van der Waals surface area contributed by atoms with Crippen LogP contribution < -0.4 is 9.47 Å². The first-order valence-corrected chi connectivity index (χ1v) is 4.62. The Morgan fingerprint density at radius 2 is 2.07 bits per heavy atom. The Labute approximate surface area is 89.2 Å². The van der Waals surface area contributed by atoms with E-state index in [2.05, 4.69) is 0 Å². The summed E-state index contributed by atoms with van der Waals surface area (Å²) in [7, 11) is 4.65. The van der Waals surface area contributed by atoms with Crippen LogP contribution in [0.25, 0.3) is 0 Å². The second kappa shape index (κ2) is 4.73. The molecule has 0 aliphatic rings. The maximum absolute atomic E-state index is 11.5. The Morgan fingerprint density at radius 1 is 1.40 bits per heavy atom. The topological polar surface area (TPSA) is 55.8 Å². The van der Waals surface area contributed by atoms with Crippen LogP contribution in [0.4, 0.5) is 0 Å². The van der Waals surface area contributed by atoms with Crippen LogP contribution in [-0.2, 0) is 0 Å². The summed E-state index contributed by atoms with van der Waals surface area (Å²) in [5.74, 6) is 0.515. The van der Waals surface area contributed by atoms with E-state index in [0.717, 1.165) is 0 Å². The Kier molecular flexibility index (Phi) is 3.60. The molecule has 0 aromatic heterocycles. The molecule has 0 atom stereocenters. The van der Waals surface area contributed by atoms with Crippen molar-refractivity contribution in [1.29, 1.82) is 0 Å². The average Bonchev–Trinajstić information content (AvgIpc) is 2.26. The number of Topliss-reactive ketones (excluding diaryl/α,β-unsaturated/α-hetero) is 1. The molecule has 0 heterocycles. The number of ether oxygens (including phenoxy) is 2. The number of aromatic hydroxyl groups is 1. The van der Waals surface area contributed by atoms with Gasteiger partial charge in [0.1, 0.15) is 30.7 Å². The molecule has 0 bridgehead atoms. The zero-order chi connectivity index (χ0) is 11.4. The van der Waals surface area contributed by atoms with E-state index in [0.29, 0.717) is 17.8 Å². The van der Waals surface area contributed by atoms with E-state index < -0.39 is 0 Å².